The molecule has 0 aromatic heterocycles. The van der Waals surface area contributed by atoms with E-state index in [0.29, 0.717) is 5.56 Å². The van der Waals surface area contributed by atoms with Crippen LogP contribution in [0.3, 0.4) is 0 Å². The molecule has 2 atom stereocenters. The topological polar surface area (TPSA) is 49.3 Å². The van der Waals surface area contributed by atoms with Crippen molar-refractivity contribution in [2.45, 2.75) is 38.6 Å². The fraction of sp³-hybridized carbons (Fsp3) is 0.471. The first-order valence-corrected chi connectivity index (χ1v) is 7.36. The summed E-state index contributed by atoms with van der Waals surface area (Å²) in [5, 5.41) is 12.4. The highest BCUT2D eigenvalue weighted by atomic mass is 19.1. The van der Waals surface area contributed by atoms with Crippen LogP contribution in [0, 0.1) is 11.2 Å². The standard InChI is InChI=1S/C17H22FNO2/c1-17(12-20)11-5-9-15(17)19-16(21)10-4-7-13-6-2-3-8-14(13)18/h2-4,6-8,15,20H,5,9-12H2,1H3,(H,19,21)/b7-4+. The van der Waals surface area contributed by atoms with Crippen LogP contribution in [0.25, 0.3) is 6.08 Å². The highest BCUT2D eigenvalue weighted by molar-refractivity contribution is 5.79. The molecule has 4 heteroatoms. The van der Waals surface area contributed by atoms with Crippen LogP contribution >= 0.6 is 0 Å². The summed E-state index contributed by atoms with van der Waals surface area (Å²) in [5.41, 5.74) is 0.261. The largest absolute Gasteiger partial charge is 0.396 e. The van der Waals surface area contributed by atoms with Crippen molar-refractivity contribution < 1.29 is 14.3 Å². The van der Waals surface area contributed by atoms with Gasteiger partial charge in [-0.3, -0.25) is 4.79 Å². The minimum Gasteiger partial charge on any atom is -0.396 e. The van der Waals surface area contributed by atoms with Gasteiger partial charge in [-0.2, -0.15) is 0 Å². The maximum absolute atomic E-state index is 13.4. The molecule has 1 aliphatic rings. The van der Waals surface area contributed by atoms with E-state index in [1.165, 1.54) is 6.07 Å². The monoisotopic (exact) mass is 291 g/mol. The third kappa shape index (κ3) is 3.91. The van der Waals surface area contributed by atoms with E-state index in [-0.39, 0.29) is 36.2 Å². The smallest absolute Gasteiger partial charge is 0.224 e. The number of halogens is 1. The lowest BCUT2D eigenvalue weighted by Crippen LogP contribution is -2.44. The van der Waals surface area contributed by atoms with E-state index in [2.05, 4.69) is 5.32 Å². The Hall–Kier alpha value is -1.68. The van der Waals surface area contributed by atoms with Gasteiger partial charge in [-0.05, 0) is 18.9 Å². The highest BCUT2D eigenvalue weighted by Crippen LogP contribution is 2.37. The number of rotatable bonds is 5. The summed E-state index contributed by atoms with van der Waals surface area (Å²) >= 11 is 0. The molecular formula is C17H22FNO2. The van der Waals surface area contributed by atoms with Crippen LogP contribution in [0.2, 0.25) is 0 Å². The molecule has 1 saturated carbocycles. The number of hydrogen-bond acceptors (Lipinski definition) is 2. The Kier molecular flexibility index (Phi) is 5.12. The van der Waals surface area contributed by atoms with Crippen molar-refractivity contribution in [1.82, 2.24) is 5.32 Å². The van der Waals surface area contributed by atoms with Crippen LogP contribution in [-0.4, -0.2) is 23.7 Å². The first-order valence-electron chi connectivity index (χ1n) is 7.36. The van der Waals surface area contributed by atoms with E-state index < -0.39 is 0 Å². The maximum atomic E-state index is 13.4. The predicted octanol–water partition coefficient (Wildman–Crippen LogP) is 2.90. The molecule has 3 nitrogen and oxygen atoms in total. The van der Waals surface area contributed by atoms with E-state index in [0.717, 1.165) is 19.3 Å². The third-order valence-electron chi connectivity index (χ3n) is 4.28. The van der Waals surface area contributed by atoms with Gasteiger partial charge >= 0.3 is 0 Å². The van der Waals surface area contributed by atoms with Crippen LogP contribution in [0.15, 0.2) is 30.3 Å². The zero-order chi connectivity index (χ0) is 15.3. The van der Waals surface area contributed by atoms with Crippen LogP contribution < -0.4 is 5.32 Å². The second-order valence-corrected chi connectivity index (χ2v) is 5.95. The first kappa shape index (κ1) is 15.7. The summed E-state index contributed by atoms with van der Waals surface area (Å²) in [6.07, 6.45) is 6.35. The van der Waals surface area contributed by atoms with Gasteiger partial charge in [0.2, 0.25) is 5.91 Å². The Morgan fingerprint density at radius 3 is 3.00 bits per heavy atom. The Morgan fingerprint density at radius 1 is 1.52 bits per heavy atom. The molecule has 21 heavy (non-hydrogen) atoms. The van der Waals surface area contributed by atoms with Gasteiger partial charge in [0.15, 0.2) is 0 Å². The fourth-order valence-electron chi connectivity index (χ4n) is 2.82. The molecule has 1 aliphatic carbocycles. The predicted molar refractivity (Wildman–Crippen MR) is 81.0 cm³/mol. The average Bonchev–Trinajstić information content (AvgIpc) is 2.83. The Morgan fingerprint density at radius 2 is 2.29 bits per heavy atom. The van der Waals surface area contributed by atoms with Crippen LogP contribution in [0.1, 0.15) is 38.2 Å². The zero-order valence-electron chi connectivity index (χ0n) is 12.3. The van der Waals surface area contributed by atoms with E-state index in [1.54, 1.807) is 30.4 Å². The number of carbonyl (C=O) groups is 1. The van der Waals surface area contributed by atoms with Crippen LogP contribution in [-0.2, 0) is 4.79 Å². The Labute approximate surface area is 124 Å². The van der Waals surface area contributed by atoms with Gasteiger partial charge in [0.05, 0.1) is 6.61 Å². The molecule has 2 unspecified atom stereocenters. The van der Waals surface area contributed by atoms with Crippen molar-refractivity contribution in [2.24, 2.45) is 5.41 Å². The summed E-state index contributed by atoms with van der Waals surface area (Å²) < 4.78 is 13.4. The number of amides is 1. The normalized spacial score (nSPS) is 25.4. The van der Waals surface area contributed by atoms with Gasteiger partial charge in [0, 0.05) is 23.4 Å². The summed E-state index contributed by atoms with van der Waals surface area (Å²) in [4.78, 5) is 11.9. The molecule has 0 spiro atoms. The molecule has 0 radical (unpaired) electrons. The number of benzene rings is 1. The second-order valence-electron chi connectivity index (χ2n) is 5.95. The first-order chi connectivity index (χ1) is 10.0. The molecule has 1 amide bonds. The van der Waals surface area contributed by atoms with E-state index >= 15 is 0 Å². The second kappa shape index (κ2) is 6.85. The zero-order valence-corrected chi connectivity index (χ0v) is 12.3. The third-order valence-corrected chi connectivity index (χ3v) is 4.28. The quantitative estimate of drug-likeness (QED) is 0.876. The van der Waals surface area contributed by atoms with Crippen molar-refractivity contribution in [1.29, 1.82) is 0 Å². The molecule has 114 valence electrons. The highest BCUT2D eigenvalue weighted by Gasteiger charge is 2.38. The number of carbonyl (C=O) groups excluding carboxylic acids is 1. The molecule has 2 rings (SSSR count). The van der Waals surface area contributed by atoms with Gasteiger partial charge in [-0.15, -0.1) is 0 Å². The van der Waals surface area contributed by atoms with Crippen LogP contribution in [0.4, 0.5) is 4.39 Å². The van der Waals surface area contributed by atoms with Crippen molar-refractivity contribution in [2.75, 3.05) is 6.61 Å². The maximum Gasteiger partial charge on any atom is 0.224 e. The van der Waals surface area contributed by atoms with Gasteiger partial charge < -0.3 is 10.4 Å². The average molecular weight is 291 g/mol. The molecule has 1 fully saturated rings. The number of hydrogen-bond donors (Lipinski definition) is 2. The molecular weight excluding hydrogens is 269 g/mol. The van der Waals surface area contributed by atoms with Crippen molar-refractivity contribution in [3.05, 3.63) is 41.7 Å². The lowest BCUT2D eigenvalue weighted by atomic mass is 9.86. The lowest BCUT2D eigenvalue weighted by Gasteiger charge is -2.29. The number of aliphatic hydroxyl groups is 1. The fourth-order valence-corrected chi connectivity index (χ4v) is 2.82. The molecule has 2 N–H and O–H groups in total. The minimum absolute atomic E-state index is 0.0249. The molecule has 0 aliphatic heterocycles. The summed E-state index contributed by atoms with van der Waals surface area (Å²) in [7, 11) is 0. The number of nitrogens with one attached hydrogen (secondary N) is 1. The molecule has 0 saturated heterocycles. The van der Waals surface area contributed by atoms with Gasteiger partial charge in [-0.1, -0.05) is 43.7 Å². The molecule has 0 bridgehead atoms. The Bertz CT molecular complexity index is 529. The van der Waals surface area contributed by atoms with Crippen molar-refractivity contribution >= 4 is 12.0 Å². The SMILES string of the molecule is CC1(CO)CCCC1NC(=O)C/C=C/c1ccccc1F. The lowest BCUT2D eigenvalue weighted by molar-refractivity contribution is -0.121. The minimum atomic E-state index is -0.294. The Balaban J connectivity index is 1.87. The van der Waals surface area contributed by atoms with Crippen molar-refractivity contribution in [3.8, 4) is 0 Å². The van der Waals surface area contributed by atoms with E-state index in [1.807, 2.05) is 6.92 Å². The molecule has 1 aromatic rings. The van der Waals surface area contributed by atoms with Crippen LogP contribution in [0.5, 0.6) is 0 Å². The van der Waals surface area contributed by atoms with Gasteiger partial charge in [-0.25, -0.2) is 4.39 Å². The number of aliphatic hydroxyl groups excluding tert-OH is 1. The summed E-state index contributed by atoms with van der Waals surface area (Å²) in [6.45, 7) is 2.09. The van der Waals surface area contributed by atoms with Gasteiger partial charge in [0.1, 0.15) is 5.82 Å². The molecule has 1 aromatic carbocycles. The summed E-state index contributed by atoms with van der Waals surface area (Å²) in [5.74, 6) is -0.382. The van der Waals surface area contributed by atoms with E-state index in [9.17, 15) is 14.3 Å². The molecule has 0 heterocycles. The van der Waals surface area contributed by atoms with E-state index in [4.69, 9.17) is 0 Å². The summed E-state index contributed by atoms with van der Waals surface area (Å²) in [6, 6.07) is 6.48. The van der Waals surface area contributed by atoms with Gasteiger partial charge in [0.25, 0.3) is 0 Å². The van der Waals surface area contributed by atoms with Crippen molar-refractivity contribution in [3.63, 3.8) is 0 Å².